The third kappa shape index (κ3) is 5.05. The van der Waals surface area contributed by atoms with Crippen molar-refractivity contribution in [3.63, 3.8) is 0 Å². The zero-order chi connectivity index (χ0) is 14.7. The van der Waals surface area contributed by atoms with Gasteiger partial charge in [0.2, 0.25) is 0 Å². The Bertz CT molecular complexity index is 419. The van der Waals surface area contributed by atoms with Crippen molar-refractivity contribution in [2.75, 3.05) is 17.2 Å². The zero-order valence-electron chi connectivity index (χ0n) is 13.4. The topological polar surface area (TPSA) is 49.8 Å². The summed E-state index contributed by atoms with van der Waals surface area (Å²) in [7, 11) is 0. The average molecular weight is 264 g/mol. The fraction of sp³-hybridized carbons (Fsp3) is 0.733. The lowest BCUT2D eigenvalue weighted by atomic mass is 9.82. The Morgan fingerprint density at radius 1 is 1.05 bits per heavy atom. The van der Waals surface area contributed by atoms with Gasteiger partial charge in [-0.3, -0.25) is 0 Å². The second kappa shape index (κ2) is 5.76. The molecule has 1 aromatic rings. The van der Waals surface area contributed by atoms with E-state index in [0.29, 0.717) is 0 Å². The van der Waals surface area contributed by atoms with E-state index in [0.717, 1.165) is 30.2 Å². The van der Waals surface area contributed by atoms with E-state index in [2.05, 4.69) is 62.1 Å². The quantitative estimate of drug-likeness (QED) is 0.848. The summed E-state index contributed by atoms with van der Waals surface area (Å²) in [6, 6.07) is 0. The van der Waals surface area contributed by atoms with Crippen LogP contribution in [0.4, 0.5) is 11.6 Å². The third-order valence-corrected chi connectivity index (χ3v) is 2.86. The minimum absolute atomic E-state index is 0.000841. The number of anilines is 2. The smallest absolute Gasteiger partial charge is 0.134 e. The molecular formula is C15H28N4. The number of hydrogen-bond acceptors (Lipinski definition) is 4. The Balaban J connectivity index is 2.90. The van der Waals surface area contributed by atoms with E-state index in [1.54, 1.807) is 6.33 Å². The van der Waals surface area contributed by atoms with Gasteiger partial charge in [0, 0.05) is 17.6 Å². The molecule has 0 bridgehead atoms. The SMILES string of the molecule is CCNc1ncnc(NC(C)(C)CC(C)(C)C)c1C. The van der Waals surface area contributed by atoms with Crippen LogP contribution in [0.2, 0.25) is 0 Å². The molecule has 0 saturated carbocycles. The summed E-state index contributed by atoms with van der Waals surface area (Å²) >= 11 is 0. The fourth-order valence-corrected chi connectivity index (χ4v) is 2.61. The van der Waals surface area contributed by atoms with Crippen molar-refractivity contribution in [1.29, 1.82) is 0 Å². The van der Waals surface area contributed by atoms with Gasteiger partial charge in [-0.15, -0.1) is 0 Å². The van der Waals surface area contributed by atoms with Crippen LogP contribution in [0.5, 0.6) is 0 Å². The second-order valence-electron chi connectivity index (χ2n) is 6.97. The number of nitrogens with zero attached hydrogens (tertiary/aromatic N) is 2. The van der Waals surface area contributed by atoms with Crippen molar-refractivity contribution in [1.82, 2.24) is 9.97 Å². The van der Waals surface area contributed by atoms with Gasteiger partial charge in [0.05, 0.1) is 0 Å². The Labute approximate surface area is 117 Å². The zero-order valence-corrected chi connectivity index (χ0v) is 13.4. The average Bonchev–Trinajstić information content (AvgIpc) is 2.20. The van der Waals surface area contributed by atoms with Crippen LogP contribution >= 0.6 is 0 Å². The molecule has 0 fully saturated rings. The van der Waals surface area contributed by atoms with Gasteiger partial charge in [-0.05, 0) is 39.5 Å². The Hall–Kier alpha value is -1.32. The van der Waals surface area contributed by atoms with Crippen LogP contribution in [0, 0.1) is 12.3 Å². The van der Waals surface area contributed by atoms with E-state index in [-0.39, 0.29) is 11.0 Å². The maximum Gasteiger partial charge on any atom is 0.134 e. The predicted octanol–water partition coefficient (Wildman–Crippen LogP) is 3.84. The van der Waals surface area contributed by atoms with Gasteiger partial charge in [0.15, 0.2) is 0 Å². The van der Waals surface area contributed by atoms with Crippen LogP contribution in [0.3, 0.4) is 0 Å². The molecule has 0 aliphatic carbocycles. The summed E-state index contributed by atoms with van der Waals surface area (Å²) < 4.78 is 0. The van der Waals surface area contributed by atoms with Gasteiger partial charge in [-0.1, -0.05) is 20.8 Å². The molecule has 1 aromatic heterocycles. The van der Waals surface area contributed by atoms with Crippen molar-refractivity contribution in [3.05, 3.63) is 11.9 Å². The molecule has 19 heavy (non-hydrogen) atoms. The van der Waals surface area contributed by atoms with E-state index in [1.807, 2.05) is 6.92 Å². The number of hydrogen-bond donors (Lipinski definition) is 2. The molecule has 0 aliphatic heterocycles. The van der Waals surface area contributed by atoms with E-state index in [4.69, 9.17) is 0 Å². The molecule has 0 saturated heterocycles. The molecule has 0 radical (unpaired) electrons. The van der Waals surface area contributed by atoms with Crippen molar-refractivity contribution in [2.45, 2.75) is 60.4 Å². The summed E-state index contributed by atoms with van der Waals surface area (Å²) in [5.41, 5.74) is 1.36. The molecule has 1 heterocycles. The lowest BCUT2D eigenvalue weighted by molar-refractivity contribution is 0.302. The minimum Gasteiger partial charge on any atom is -0.370 e. The third-order valence-electron chi connectivity index (χ3n) is 2.86. The van der Waals surface area contributed by atoms with Crippen LogP contribution in [-0.4, -0.2) is 22.1 Å². The van der Waals surface area contributed by atoms with E-state index in [1.165, 1.54) is 0 Å². The lowest BCUT2D eigenvalue weighted by Crippen LogP contribution is -2.36. The molecule has 4 heteroatoms. The highest BCUT2D eigenvalue weighted by Crippen LogP contribution is 2.30. The lowest BCUT2D eigenvalue weighted by Gasteiger charge is -2.34. The van der Waals surface area contributed by atoms with Crippen LogP contribution in [0.1, 0.15) is 53.5 Å². The van der Waals surface area contributed by atoms with Crippen LogP contribution in [0.25, 0.3) is 0 Å². The van der Waals surface area contributed by atoms with Crippen LogP contribution in [0.15, 0.2) is 6.33 Å². The van der Waals surface area contributed by atoms with Gasteiger partial charge in [0.1, 0.15) is 18.0 Å². The van der Waals surface area contributed by atoms with Gasteiger partial charge < -0.3 is 10.6 Å². The molecule has 108 valence electrons. The minimum atomic E-state index is 0.000841. The normalized spacial score (nSPS) is 12.4. The van der Waals surface area contributed by atoms with Crippen LogP contribution < -0.4 is 10.6 Å². The van der Waals surface area contributed by atoms with E-state index < -0.39 is 0 Å². The fourth-order valence-electron chi connectivity index (χ4n) is 2.61. The largest absolute Gasteiger partial charge is 0.370 e. The van der Waals surface area contributed by atoms with Crippen molar-refractivity contribution >= 4 is 11.6 Å². The van der Waals surface area contributed by atoms with Gasteiger partial charge in [-0.25, -0.2) is 9.97 Å². The molecule has 1 rings (SSSR count). The highest BCUT2D eigenvalue weighted by molar-refractivity contribution is 5.57. The summed E-state index contributed by atoms with van der Waals surface area (Å²) in [6.07, 6.45) is 2.68. The molecule has 0 aliphatic rings. The first-order valence-corrected chi connectivity index (χ1v) is 6.98. The van der Waals surface area contributed by atoms with Crippen molar-refractivity contribution in [3.8, 4) is 0 Å². The monoisotopic (exact) mass is 264 g/mol. The summed E-state index contributed by atoms with van der Waals surface area (Å²) in [6.45, 7) is 16.2. The first kappa shape index (κ1) is 15.7. The Morgan fingerprint density at radius 3 is 2.16 bits per heavy atom. The standard InChI is InChI=1S/C15H28N4/c1-8-16-12-11(2)13(18-10-17-12)19-15(6,7)9-14(3,4)5/h10H,8-9H2,1-7H3,(H2,16,17,18,19). The molecule has 0 atom stereocenters. The maximum atomic E-state index is 4.37. The molecule has 0 spiro atoms. The molecular weight excluding hydrogens is 236 g/mol. The Morgan fingerprint density at radius 2 is 1.63 bits per heavy atom. The molecule has 0 aromatic carbocycles. The van der Waals surface area contributed by atoms with Gasteiger partial charge >= 0.3 is 0 Å². The molecule has 0 unspecified atom stereocenters. The number of aromatic nitrogens is 2. The number of nitrogens with one attached hydrogen (secondary N) is 2. The first-order chi connectivity index (χ1) is 8.64. The number of rotatable bonds is 5. The van der Waals surface area contributed by atoms with Gasteiger partial charge in [-0.2, -0.15) is 0 Å². The van der Waals surface area contributed by atoms with E-state index in [9.17, 15) is 0 Å². The van der Waals surface area contributed by atoms with Crippen LogP contribution in [-0.2, 0) is 0 Å². The van der Waals surface area contributed by atoms with Gasteiger partial charge in [0.25, 0.3) is 0 Å². The predicted molar refractivity (Wildman–Crippen MR) is 82.7 cm³/mol. The highest BCUT2D eigenvalue weighted by atomic mass is 15.1. The molecule has 4 nitrogen and oxygen atoms in total. The highest BCUT2D eigenvalue weighted by Gasteiger charge is 2.26. The summed E-state index contributed by atoms with van der Waals surface area (Å²) in [5, 5.41) is 6.81. The van der Waals surface area contributed by atoms with Crippen molar-refractivity contribution < 1.29 is 0 Å². The molecule has 0 amide bonds. The Kier molecular flexibility index (Phi) is 4.77. The van der Waals surface area contributed by atoms with E-state index >= 15 is 0 Å². The second-order valence-corrected chi connectivity index (χ2v) is 6.97. The summed E-state index contributed by atoms with van der Waals surface area (Å²) in [5.74, 6) is 1.83. The van der Waals surface area contributed by atoms with Crippen molar-refractivity contribution in [2.24, 2.45) is 5.41 Å². The molecule has 2 N–H and O–H groups in total. The maximum absolute atomic E-state index is 4.37. The summed E-state index contributed by atoms with van der Waals surface area (Å²) in [4.78, 5) is 8.65. The first-order valence-electron chi connectivity index (χ1n) is 6.98.